The third kappa shape index (κ3) is 3.13. The van der Waals surface area contributed by atoms with E-state index >= 15 is 0 Å². The van der Waals surface area contributed by atoms with E-state index in [0.29, 0.717) is 18.6 Å². The lowest BCUT2D eigenvalue weighted by Gasteiger charge is -2.18. The molecule has 0 aromatic heterocycles. The average molecular weight is 241 g/mol. The molecule has 1 aliphatic rings. The predicted octanol–water partition coefficient (Wildman–Crippen LogP) is 3.45. The number of hydrogen-bond donors (Lipinski definition) is 0. The van der Waals surface area contributed by atoms with Gasteiger partial charge in [0.2, 0.25) is 0 Å². The van der Waals surface area contributed by atoms with Crippen molar-refractivity contribution in [2.75, 3.05) is 12.7 Å². The Balaban J connectivity index is 1.72. The molecule has 0 bridgehead atoms. The molecule has 1 aliphatic carbocycles. The molecule has 0 radical (unpaired) electrons. The largest absolute Gasteiger partial charge is 0.468 e. The van der Waals surface area contributed by atoms with Gasteiger partial charge in [0.15, 0.2) is 6.79 Å². The van der Waals surface area contributed by atoms with Crippen LogP contribution >= 0.6 is 11.6 Å². The van der Waals surface area contributed by atoms with E-state index in [1.54, 1.807) is 0 Å². The smallest absolute Gasteiger partial charge is 0.189 e. The molecule has 1 saturated carbocycles. The standard InChI is InChI=1S/C13H17ClO2/c14-9-11-5-4-8-13(11)16-10-15-12-6-2-1-3-7-12/h1-3,6-7,11,13H,4-5,8-10H2. The van der Waals surface area contributed by atoms with Gasteiger partial charge in [0.25, 0.3) is 0 Å². The molecule has 0 heterocycles. The van der Waals surface area contributed by atoms with Gasteiger partial charge in [-0.2, -0.15) is 0 Å². The third-order valence-electron chi connectivity index (χ3n) is 3.04. The first kappa shape index (κ1) is 11.7. The van der Waals surface area contributed by atoms with E-state index in [4.69, 9.17) is 21.1 Å². The van der Waals surface area contributed by atoms with Crippen molar-refractivity contribution in [3.8, 4) is 5.75 Å². The van der Waals surface area contributed by atoms with Crippen molar-refractivity contribution in [2.24, 2.45) is 5.92 Å². The minimum Gasteiger partial charge on any atom is -0.468 e. The first-order valence-electron chi connectivity index (χ1n) is 5.75. The summed E-state index contributed by atoms with van der Waals surface area (Å²) in [7, 11) is 0. The van der Waals surface area contributed by atoms with Crippen LogP contribution in [0.1, 0.15) is 19.3 Å². The van der Waals surface area contributed by atoms with Gasteiger partial charge in [-0.3, -0.25) is 0 Å². The van der Waals surface area contributed by atoms with Crippen molar-refractivity contribution in [2.45, 2.75) is 25.4 Å². The van der Waals surface area contributed by atoms with Crippen molar-refractivity contribution < 1.29 is 9.47 Å². The Labute approximate surface area is 102 Å². The van der Waals surface area contributed by atoms with Crippen LogP contribution < -0.4 is 4.74 Å². The number of benzene rings is 1. The fraction of sp³-hybridized carbons (Fsp3) is 0.538. The molecule has 88 valence electrons. The first-order valence-corrected chi connectivity index (χ1v) is 6.29. The van der Waals surface area contributed by atoms with Crippen LogP contribution in [0, 0.1) is 5.92 Å². The number of hydrogen-bond acceptors (Lipinski definition) is 2. The second kappa shape index (κ2) is 6.12. The fourth-order valence-electron chi connectivity index (χ4n) is 2.10. The van der Waals surface area contributed by atoms with Gasteiger partial charge in [-0.05, 0) is 30.9 Å². The number of rotatable bonds is 5. The van der Waals surface area contributed by atoms with Crippen molar-refractivity contribution in [1.29, 1.82) is 0 Å². The number of para-hydroxylation sites is 1. The second-order valence-electron chi connectivity index (χ2n) is 4.13. The monoisotopic (exact) mass is 240 g/mol. The zero-order chi connectivity index (χ0) is 11.2. The summed E-state index contributed by atoms with van der Waals surface area (Å²) in [4.78, 5) is 0. The molecule has 0 spiro atoms. The quantitative estimate of drug-likeness (QED) is 0.580. The van der Waals surface area contributed by atoms with Crippen LogP contribution in [0.3, 0.4) is 0 Å². The molecular formula is C13H17ClO2. The Kier molecular flexibility index (Phi) is 4.49. The highest BCUT2D eigenvalue weighted by atomic mass is 35.5. The van der Waals surface area contributed by atoms with Gasteiger partial charge in [-0.15, -0.1) is 11.6 Å². The Morgan fingerprint density at radius 3 is 2.75 bits per heavy atom. The van der Waals surface area contributed by atoms with E-state index < -0.39 is 0 Å². The van der Waals surface area contributed by atoms with E-state index in [9.17, 15) is 0 Å². The molecular weight excluding hydrogens is 224 g/mol. The molecule has 0 N–H and O–H groups in total. The lowest BCUT2D eigenvalue weighted by atomic mass is 10.1. The minimum absolute atomic E-state index is 0.279. The predicted molar refractivity (Wildman–Crippen MR) is 64.9 cm³/mol. The lowest BCUT2D eigenvalue weighted by molar-refractivity contribution is -0.0477. The molecule has 3 heteroatoms. The summed E-state index contributed by atoms with van der Waals surface area (Å²) in [5.74, 6) is 2.04. The highest BCUT2D eigenvalue weighted by Gasteiger charge is 2.27. The van der Waals surface area contributed by atoms with Crippen LogP contribution in [0.15, 0.2) is 30.3 Å². The normalized spacial score (nSPS) is 24.6. The summed E-state index contributed by atoms with van der Waals surface area (Å²) in [5, 5.41) is 0. The van der Waals surface area contributed by atoms with Crippen molar-refractivity contribution >= 4 is 11.6 Å². The van der Waals surface area contributed by atoms with Gasteiger partial charge in [-0.1, -0.05) is 24.6 Å². The molecule has 0 aliphatic heterocycles. The molecule has 1 fully saturated rings. The van der Waals surface area contributed by atoms with E-state index in [-0.39, 0.29) is 6.10 Å². The van der Waals surface area contributed by atoms with Gasteiger partial charge in [0, 0.05) is 5.88 Å². The van der Waals surface area contributed by atoms with Crippen LogP contribution in [0.5, 0.6) is 5.75 Å². The van der Waals surface area contributed by atoms with Gasteiger partial charge in [0.1, 0.15) is 5.75 Å². The van der Waals surface area contributed by atoms with Gasteiger partial charge in [0.05, 0.1) is 6.10 Å². The Morgan fingerprint density at radius 1 is 1.19 bits per heavy atom. The minimum atomic E-state index is 0.279. The topological polar surface area (TPSA) is 18.5 Å². The Bertz CT molecular complexity index is 302. The van der Waals surface area contributed by atoms with Crippen LogP contribution in [-0.4, -0.2) is 18.8 Å². The molecule has 1 aromatic carbocycles. The molecule has 2 atom stereocenters. The van der Waals surface area contributed by atoms with Crippen LogP contribution in [-0.2, 0) is 4.74 Å². The summed E-state index contributed by atoms with van der Waals surface area (Å²) >= 11 is 5.88. The average Bonchev–Trinajstić information content (AvgIpc) is 2.78. The molecule has 16 heavy (non-hydrogen) atoms. The third-order valence-corrected chi connectivity index (χ3v) is 3.43. The zero-order valence-electron chi connectivity index (χ0n) is 9.27. The van der Waals surface area contributed by atoms with E-state index in [1.807, 2.05) is 30.3 Å². The maximum atomic E-state index is 5.88. The molecule has 1 aromatic rings. The van der Waals surface area contributed by atoms with Crippen LogP contribution in [0.25, 0.3) is 0 Å². The number of ether oxygens (including phenoxy) is 2. The summed E-state index contributed by atoms with van der Waals surface area (Å²) < 4.78 is 11.2. The summed E-state index contributed by atoms with van der Waals surface area (Å²) in [6, 6.07) is 9.72. The number of halogens is 1. The summed E-state index contributed by atoms with van der Waals surface area (Å²) in [6.07, 6.45) is 3.78. The highest BCUT2D eigenvalue weighted by molar-refractivity contribution is 6.18. The summed E-state index contributed by atoms with van der Waals surface area (Å²) in [5.41, 5.74) is 0. The van der Waals surface area contributed by atoms with E-state index in [1.165, 1.54) is 12.8 Å². The first-order chi connectivity index (χ1) is 7.90. The maximum absolute atomic E-state index is 5.88. The van der Waals surface area contributed by atoms with E-state index in [0.717, 1.165) is 12.2 Å². The molecule has 2 nitrogen and oxygen atoms in total. The molecule has 0 saturated heterocycles. The van der Waals surface area contributed by atoms with Gasteiger partial charge < -0.3 is 9.47 Å². The second-order valence-corrected chi connectivity index (χ2v) is 4.43. The highest BCUT2D eigenvalue weighted by Crippen LogP contribution is 2.29. The summed E-state index contributed by atoms with van der Waals surface area (Å²) in [6.45, 7) is 0.321. The van der Waals surface area contributed by atoms with Crippen molar-refractivity contribution in [1.82, 2.24) is 0 Å². The van der Waals surface area contributed by atoms with Crippen LogP contribution in [0.2, 0.25) is 0 Å². The van der Waals surface area contributed by atoms with Crippen molar-refractivity contribution in [3.63, 3.8) is 0 Å². The fourth-order valence-corrected chi connectivity index (χ4v) is 2.46. The SMILES string of the molecule is ClCC1CCCC1OCOc1ccccc1. The Hall–Kier alpha value is -0.730. The Morgan fingerprint density at radius 2 is 2.00 bits per heavy atom. The molecule has 0 amide bonds. The number of alkyl halides is 1. The lowest BCUT2D eigenvalue weighted by Crippen LogP contribution is -2.21. The maximum Gasteiger partial charge on any atom is 0.189 e. The van der Waals surface area contributed by atoms with Crippen molar-refractivity contribution in [3.05, 3.63) is 30.3 Å². The van der Waals surface area contributed by atoms with Gasteiger partial charge >= 0.3 is 0 Å². The zero-order valence-corrected chi connectivity index (χ0v) is 10.0. The van der Waals surface area contributed by atoms with Crippen LogP contribution in [0.4, 0.5) is 0 Å². The molecule has 2 unspecified atom stereocenters. The molecule has 2 rings (SSSR count). The van der Waals surface area contributed by atoms with Gasteiger partial charge in [-0.25, -0.2) is 0 Å². The van der Waals surface area contributed by atoms with E-state index in [2.05, 4.69) is 0 Å².